The molecule has 0 aliphatic carbocycles. The summed E-state index contributed by atoms with van der Waals surface area (Å²) in [4.78, 5) is 15.3. The molecule has 0 fully saturated rings. The fourth-order valence-corrected chi connectivity index (χ4v) is 2.54. The van der Waals surface area contributed by atoms with Gasteiger partial charge >= 0.3 is 0 Å². The Kier molecular flexibility index (Phi) is 4.23. The van der Waals surface area contributed by atoms with E-state index in [1.807, 2.05) is 36.4 Å². The average Bonchev–Trinajstić information content (AvgIpc) is 2.46. The number of nitrogen functional groups attached to an aromatic ring is 1. The Labute approximate surface area is 120 Å². The maximum atomic E-state index is 11.2. The lowest BCUT2D eigenvalue weighted by atomic mass is 10.2. The van der Waals surface area contributed by atoms with Gasteiger partial charge in [0.1, 0.15) is 16.9 Å². The molecule has 5 nitrogen and oxygen atoms in total. The molecule has 100 valence electrons. The van der Waals surface area contributed by atoms with Crippen LogP contribution in [0.5, 0.6) is 0 Å². The number of amides is 1. The maximum absolute atomic E-state index is 11.2. The molecule has 0 saturated carbocycles. The number of primary amides is 1. The first-order valence-corrected chi connectivity index (χ1v) is 6.77. The quantitative estimate of drug-likeness (QED) is 0.834. The molecule has 0 unspecified atom stereocenters. The van der Waals surface area contributed by atoms with Gasteiger partial charge in [-0.05, 0) is 11.6 Å². The van der Waals surface area contributed by atoms with E-state index in [1.54, 1.807) is 0 Å². The Hall–Kier alpha value is -2.52. The summed E-state index contributed by atoms with van der Waals surface area (Å²) in [5.74, 6) is 0.0240. The SMILES string of the molecule is N#Cc1cc(C(N)=O)c(N)nc1SCc1ccccc1. The van der Waals surface area contributed by atoms with E-state index in [0.29, 0.717) is 16.3 Å². The molecule has 1 amide bonds. The van der Waals surface area contributed by atoms with Crippen LogP contribution in [0.15, 0.2) is 41.4 Å². The monoisotopic (exact) mass is 284 g/mol. The molecule has 1 aromatic heterocycles. The number of thioether (sulfide) groups is 1. The van der Waals surface area contributed by atoms with E-state index in [9.17, 15) is 4.79 Å². The predicted molar refractivity (Wildman–Crippen MR) is 77.9 cm³/mol. The smallest absolute Gasteiger partial charge is 0.252 e. The minimum Gasteiger partial charge on any atom is -0.383 e. The van der Waals surface area contributed by atoms with Gasteiger partial charge in [-0.25, -0.2) is 4.98 Å². The van der Waals surface area contributed by atoms with Crippen molar-refractivity contribution < 1.29 is 4.79 Å². The Bertz CT molecular complexity index is 680. The van der Waals surface area contributed by atoms with Crippen LogP contribution in [0.1, 0.15) is 21.5 Å². The van der Waals surface area contributed by atoms with Gasteiger partial charge in [0.25, 0.3) is 5.91 Å². The summed E-state index contributed by atoms with van der Waals surface area (Å²) in [6.45, 7) is 0. The van der Waals surface area contributed by atoms with Crippen molar-refractivity contribution in [1.29, 1.82) is 5.26 Å². The van der Waals surface area contributed by atoms with Crippen LogP contribution in [0.3, 0.4) is 0 Å². The molecule has 2 aromatic rings. The Morgan fingerprint density at radius 2 is 2.05 bits per heavy atom. The minimum atomic E-state index is -0.689. The molecular weight excluding hydrogens is 272 g/mol. The Morgan fingerprint density at radius 1 is 1.35 bits per heavy atom. The molecule has 0 atom stereocenters. The second-order valence-corrected chi connectivity index (χ2v) is 4.99. The molecule has 0 radical (unpaired) electrons. The number of benzene rings is 1. The highest BCUT2D eigenvalue weighted by Crippen LogP contribution is 2.26. The molecule has 0 aliphatic heterocycles. The summed E-state index contributed by atoms with van der Waals surface area (Å²) in [7, 11) is 0. The van der Waals surface area contributed by atoms with Crippen LogP contribution in [0.25, 0.3) is 0 Å². The van der Waals surface area contributed by atoms with E-state index in [1.165, 1.54) is 17.8 Å². The third-order valence-corrected chi connectivity index (χ3v) is 3.68. The number of nitrogens with zero attached hydrogens (tertiary/aromatic N) is 2. The van der Waals surface area contributed by atoms with Gasteiger partial charge in [-0.1, -0.05) is 30.3 Å². The largest absolute Gasteiger partial charge is 0.383 e. The second kappa shape index (κ2) is 6.08. The van der Waals surface area contributed by atoms with Crippen molar-refractivity contribution in [2.24, 2.45) is 5.73 Å². The summed E-state index contributed by atoms with van der Waals surface area (Å²) < 4.78 is 0. The third-order valence-electron chi connectivity index (χ3n) is 2.62. The van der Waals surface area contributed by atoms with Gasteiger partial charge in [0.15, 0.2) is 0 Å². The van der Waals surface area contributed by atoms with E-state index in [2.05, 4.69) is 4.98 Å². The Balaban J connectivity index is 2.26. The van der Waals surface area contributed by atoms with Crippen molar-refractivity contribution in [2.45, 2.75) is 10.8 Å². The highest BCUT2D eigenvalue weighted by molar-refractivity contribution is 7.98. The zero-order chi connectivity index (χ0) is 14.5. The van der Waals surface area contributed by atoms with Gasteiger partial charge in [0, 0.05) is 5.75 Å². The van der Waals surface area contributed by atoms with Gasteiger partial charge in [-0.2, -0.15) is 5.26 Å². The molecule has 4 N–H and O–H groups in total. The Morgan fingerprint density at radius 3 is 2.65 bits per heavy atom. The number of carbonyl (C=O) groups is 1. The van der Waals surface area contributed by atoms with Crippen LogP contribution in [-0.4, -0.2) is 10.9 Å². The molecule has 20 heavy (non-hydrogen) atoms. The first-order chi connectivity index (χ1) is 9.61. The lowest BCUT2D eigenvalue weighted by Crippen LogP contribution is -2.15. The lowest BCUT2D eigenvalue weighted by molar-refractivity contribution is 0.100. The minimum absolute atomic E-state index is 0.0482. The van der Waals surface area contributed by atoms with Gasteiger partial charge in [-0.15, -0.1) is 11.8 Å². The van der Waals surface area contributed by atoms with Crippen molar-refractivity contribution in [3.63, 3.8) is 0 Å². The van der Waals surface area contributed by atoms with Gasteiger partial charge < -0.3 is 11.5 Å². The summed E-state index contributed by atoms with van der Waals surface area (Å²) in [5.41, 5.74) is 12.3. The predicted octanol–water partition coefficient (Wildman–Crippen LogP) is 1.93. The number of rotatable bonds is 4. The molecule has 1 aromatic carbocycles. The molecule has 0 saturated heterocycles. The van der Waals surface area contributed by atoms with E-state index in [4.69, 9.17) is 16.7 Å². The van der Waals surface area contributed by atoms with Crippen molar-refractivity contribution in [2.75, 3.05) is 5.73 Å². The zero-order valence-corrected chi connectivity index (χ0v) is 11.4. The van der Waals surface area contributed by atoms with E-state index in [-0.39, 0.29) is 11.4 Å². The molecule has 6 heteroatoms. The number of anilines is 1. The number of aromatic nitrogens is 1. The van der Waals surface area contributed by atoms with Crippen LogP contribution in [-0.2, 0) is 5.75 Å². The second-order valence-electron chi connectivity index (χ2n) is 4.02. The molecule has 0 bridgehead atoms. The van der Waals surface area contributed by atoms with Crippen molar-refractivity contribution in [1.82, 2.24) is 4.98 Å². The summed E-state index contributed by atoms with van der Waals surface area (Å²) in [6.07, 6.45) is 0. The normalized spacial score (nSPS) is 9.95. The van der Waals surface area contributed by atoms with Crippen LogP contribution in [0.4, 0.5) is 5.82 Å². The summed E-state index contributed by atoms with van der Waals surface area (Å²) in [6, 6.07) is 13.2. The number of hydrogen-bond donors (Lipinski definition) is 2. The highest BCUT2D eigenvalue weighted by Gasteiger charge is 2.13. The maximum Gasteiger partial charge on any atom is 0.252 e. The average molecular weight is 284 g/mol. The van der Waals surface area contributed by atoms with Crippen molar-refractivity contribution in [3.8, 4) is 6.07 Å². The fraction of sp³-hybridized carbons (Fsp3) is 0.0714. The van der Waals surface area contributed by atoms with E-state index in [0.717, 1.165) is 5.56 Å². The van der Waals surface area contributed by atoms with Crippen LogP contribution < -0.4 is 11.5 Å². The molecule has 2 rings (SSSR count). The fourth-order valence-electron chi connectivity index (χ4n) is 1.62. The van der Waals surface area contributed by atoms with Crippen LogP contribution in [0.2, 0.25) is 0 Å². The standard InChI is InChI=1S/C14H12N4OS/c15-7-10-6-11(13(17)19)12(16)18-14(10)20-8-9-4-2-1-3-5-9/h1-6H,8H2,(H2,16,18)(H2,17,19). The zero-order valence-electron chi connectivity index (χ0n) is 10.5. The van der Waals surface area contributed by atoms with Gasteiger partial charge in [-0.3, -0.25) is 4.79 Å². The lowest BCUT2D eigenvalue weighted by Gasteiger charge is -2.07. The van der Waals surface area contributed by atoms with Crippen LogP contribution in [0, 0.1) is 11.3 Å². The molecule has 0 aliphatic rings. The molecular formula is C14H12N4OS. The van der Waals surface area contributed by atoms with E-state index < -0.39 is 5.91 Å². The topological polar surface area (TPSA) is 106 Å². The van der Waals surface area contributed by atoms with Crippen molar-refractivity contribution >= 4 is 23.5 Å². The molecule has 0 spiro atoms. The van der Waals surface area contributed by atoms with Crippen molar-refractivity contribution in [3.05, 3.63) is 53.1 Å². The summed E-state index contributed by atoms with van der Waals surface area (Å²) in [5, 5.41) is 9.62. The highest BCUT2D eigenvalue weighted by atomic mass is 32.2. The summed E-state index contributed by atoms with van der Waals surface area (Å²) >= 11 is 1.39. The third kappa shape index (κ3) is 3.08. The first kappa shape index (κ1) is 13.9. The number of pyridine rings is 1. The first-order valence-electron chi connectivity index (χ1n) is 5.79. The number of carbonyl (C=O) groups excluding carboxylic acids is 1. The molecule has 1 heterocycles. The number of nitriles is 1. The number of hydrogen-bond acceptors (Lipinski definition) is 5. The van der Waals surface area contributed by atoms with Crippen LogP contribution >= 0.6 is 11.8 Å². The van der Waals surface area contributed by atoms with Gasteiger partial charge in [0.2, 0.25) is 0 Å². The van der Waals surface area contributed by atoms with Gasteiger partial charge in [0.05, 0.1) is 11.1 Å². The van der Waals surface area contributed by atoms with E-state index >= 15 is 0 Å². The number of nitrogens with two attached hydrogens (primary N) is 2.